The first-order valence-electron chi connectivity index (χ1n) is 5.80. The van der Waals surface area contributed by atoms with Gasteiger partial charge < -0.3 is 15.3 Å². The first kappa shape index (κ1) is 27.2. The first-order chi connectivity index (χ1) is 8.93. The summed E-state index contributed by atoms with van der Waals surface area (Å²) in [6.07, 6.45) is 0. The number of carbonyl (C=O) groups is 3. The second kappa shape index (κ2) is 17.8. The van der Waals surface area contributed by atoms with Crippen molar-refractivity contribution in [1.29, 1.82) is 0 Å². The van der Waals surface area contributed by atoms with E-state index in [9.17, 15) is 14.4 Å². The maximum absolute atomic E-state index is 9.70. The van der Waals surface area contributed by atoms with E-state index in [1.165, 1.54) is 0 Å². The molecule has 0 bridgehead atoms. The van der Waals surface area contributed by atoms with E-state index in [0.717, 1.165) is 17.4 Å². The first-order valence-corrected chi connectivity index (χ1v) is 6.37. The molecule has 0 heterocycles. The molecule has 0 amide bonds. The van der Waals surface area contributed by atoms with Crippen LogP contribution < -0.4 is 0 Å². The topological polar surface area (TPSA) is 129 Å². The molecule has 0 rings (SSSR count). The van der Waals surface area contributed by atoms with Crippen LogP contribution in [0.25, 0.3) is 0 Å². The summed E-state index contributed by atoms with van der Waals surface area (Å²) in [6.45, 7) is 9.85. The predicted octanol–water partition coefficient (Wildman–Crippen LogP) is 2.06. The van der Waals surface area contributed by atoms with E-state index in [4.69, 9.17) is 19.0 Å². The van der Waals surface area contributed by atoms with Gasteiger partial charge in [0.1, 0.15) is 0 Å². The molecule has 119 valence electrons. The zero-order valence-corrected chi connectivity index (χ0v) is 14.1. The summed E-state index contributed by atoms with van der Waals surface area (Å²) in [5.41, 5.74) is 0. The summed E-state index contributed by atoms with van der Waals surface area (Å²) in [6, 6.07) is 0. The average molecular weight is 331 g/mol. The molecule has 0 radical (unpaired) electrons. The normalized spacial score (nSPS) is 8.40. The van der Waals surface area contributed by atoms with Gasteiger partial charge in [-0.25, -0.2) is 0 Å². The third-order valence-electron chi connectivity index (χ3n) is 1.48. The molecule has 0 aromatic carbocycles. The van der Waals surface area contributed by atoms with Gasteiger partial charge in [-0.1, -0.05) is 41.5 Å². The Bertz CT molecular complexity index is 232. The summed E-state index contributed by atoms with van der Waals surface area (Å²) in [5, 5.41) is 24.0. The van der Waals surface area contributed by atoms with Crippen molar-refractivity contribution < 1.29 is 50.7 Å². The van der Waals surface area contributed by atoms with E-state index < -0.39 is 17.9 Å². The van der Waals surface area contributed by atoms with Gasteiger partial charge in [0.25, 0.3) is 0 Å². The molecule has 3 N–H and O–H groups in total. The Labute approximate surface area is 128 Å². The van der Waals surface area contributed by atoms with Gasteiger partial charge in [0, 0.05) is 0 Å². The van der Waals surface area contributed by atoms with Crippen molar-refractivity contribution in [2.24, 2.45) is 17.8 Å². The van der Waals surface area contributed by atoms with Crippen LogP contribution in [0.5, 0.6) is 0 Å². The molecule has 0 unspecified atom stereocenters. The Morgan fingerprint density at radius 1 is 0.600 bits per heavy atom. The van der Waals surface area contributed by atoms with Crippen molar-refractivity contribution in [2.75, 3.05) is 0 Å². The van der Waals surface area contributed by atoms with E-state index in [2.05, 4.69) is 0 Å². The minimum atomic E-state index is -0.741. The third kappa shape index (κ3) is 36.0. The van der Waals surface area contributed by atoms with Crippen LogP contribution in [-0.2, 0) is 35.4 Å². The van der Waals surface area contributed by atoms with Gasteiger partial charge in [-0.3, -0.25) is 14.4 Å². The van der Waals surface area contributed by atoms with Crippen LogP contribution >= 0.6 is 0 Å². The molecule has 0 aliphatic carbocycles. The van der Waals surface area contributed by atoms with Crippen molar-refractivity contribution in [2.45, 2.75) is 41.5 Å². The second-order valence-corrected chi connectivity index (χ2v) is 4.48. The Morgan fingerprint density at radius 3 is 0.650 bits per heavy atom. The van der Waals surface area contributed by atoms with Crippen molar-refractivity contribution in [3.8, 4) is 0 Å². The van der Waals surface area contributed by atoms with E-state index in [1.807, 2.05) is 0 Å². The Kier molecular flexibility index (Phi) is 24.2. The molecule has 0 saturated carbocycles. The summed E-state index contributed by atoms with van der Waals surface area (Å²) in [7, 11) is 0. The monoisotopic (exact) mass is 331 g/mol. The maximum atomic E-state index is 9.70. The summed E-state index contributed by atoms with van der Waals surface area (Å²) < 4.78 is 8.19. The molecule has 0 saturated heterocycles. The number of hydrogen-bond donors (Lipinski definition) is 3. The van der Waals surface area contributed by atoms with Crippen LogP contribution in [0.2, 0.25) is 0 Å². The average Bonchev–Trinajstić information content (AvgIpc) is 2.32. The van der Waals surface area contributed by atoms with Crippen molar-refractivity contribution in [3.05, 3.63) is 0 Å². The van der Waals surface area contributed by atoms with Gasteiger partial charge >= 0.3 is 39.0 Å². The Hall–Kier alpha value is -1.21. The zero-order chi connectivity index (χ0) is 17.5. The molecular formula is C12H24O7V. The van der Waals surface area contributed by atoms with Gasteiger partial charge in [0.05, 0.1) is 17.8 Å². The molecule has 8 heteroatoms. The quantitative estimate of drug-likeness (QED) is 0.721. The fraction of sp³-hybridized carbons (Fsp3) is 0.750. The van der Waals surface area contributed by atoms with Crippen LogP contribution in [0.1, 0.15) is 41.5 Å². The molecule has 0 aliphatic heterocycles. The van der Waals surface area contributed by atoms with Gasteiger partial charge in [-0.2, -0.15) is 0 Å². The van der Waals surface area contributed by atoms with E-state index >= 15 is 0 Å². The Balaban J connectivity index is -0.0000000902. The van der Waals surface area contributed by atoms with E-state index in [1.54, 1.807) is 41.5 Å². The second-order valence-electron chi connectivity index (χ2n) is 4.48. The molecule has 0 aromatic rings. The fourth-order valence-corrected chi connectivity index (χ4v) is 0. The number of aliphatic carboxylic acids is 3. The number of carboxylic acids is 3. The molecule has 20 heavy (non-hydrogen) atoms. The van der Waals surface area contributed by atoms with Crippen molar-refractivity contribution >= 4 is 17.9 Å². The van der Waals surface area contributed by atoms with E-state index in [-0.39, 0.29) is 17.8 Å². The summed E-state index contributed by atoms with van der Waals surface area (Å²) >= 11 is 1.06. The Morgan fingerprint density at radius 2 is 0.650 bits per heavy atom. The molecule has 0 spiro atoms. The SMILES string of the molecule is CC(C)C(=O)O.CC(C)C(=O)O.CC(C)C(=O)O.[O]=[V]. The summed E-state index contributed by atoms with van der Waals surface area (Å²) in [5.74, 6) is -2.92. The predicted molar refractivity (Wildman–Crippen MR) is 68.1 cm³/mol. The standard InChI is InChI=1S/3C4H8O2.O.V/c3*1-3(2)4(5)6;;/h3*3H,1-2H3,(H,5,6);;. The van der Waals surface area contributed by atoms with Crippen LogP contribution in [0.3, 0.4) is 0 Å². The molecule has 0 aliphatic rings. The van der Waals surface area contributed by atoms with Crippen LogP contribution in [0.15, 0.2) is 0 Å². The van der Waals surface area contributed by atoms with Crippen molar-refractivity contribution in [3.63, 3.8) is 0 Å². The van der Waals surface area contributed by atoms with Gasteiger partial charge in [-0.15, -0.1) is 0 Å². The molecule has 7 nitrogen and oxygen atoms in total. The number of rotatable bonds is 3. The molecular weight excluding hydrogens is 307 g/mol. The number of carboxylic acid groups (broad SMARTS) is 3. The van der Waals surface area contributed by atoms with Gasteiger partial charge in [0.2, 0.25) is 0 Å². The third-order valence-corrected chi connectivity index (χ3v) is 1.48. The fourth-order valence-electron chi connectivity index (χ4n) is 0. The van der Waals surface area contributed by atoms with Crippen LogP contribution in [0.4, 0.5) is 0 Å². The molecule has 0 atom stereocenters. The molecule has 0 aromatic heterocycles. The summed E-state index contributed by atoms with van der Waals surface area (Å²) in [4.78, 5) is 29.1. The van der Waals surface area contributed by atoms with E-state index in [0.29, 0.717) is 0 Å². The van der Waals surface area contributed by atoms with Gasteiger partial charge in [0.15, 0.2) is 0 Å². The molecule has 0 fully saturated rings. The van der Waals surface area contributed by atoms with Crippen LogP contribution in [0, 0.1) is 17.8 Å². The van der Waals surface area contributed by atoms with Crippen molar-refractivity contribution in [1.82, 2.24) is 0 Å². The van der Waals surface area contributed by atoms with Crippen LogP contribution in [-0.4, -0.2) is 33.2 Å². The number of hydrogen-bond acceptors (Lipinski definition) is 4. The minimum absolute atomic E-state index is 0.231. The van der Waals surface area contributed by atoms with Gasteiger partial charge in [-0.05, 0) is 0 Å². The zero-order valence-electron chi connectivity index (χ0n) is 12.7.